The summed E-state index contributed by atoms with van der Waals surface area (Å²) >= 11 is 0. The molecule has 0 saturated carbocycles. The van der Waals surface area contributed by atoms with E-state index in [1.165, 1.54) is 5.56 Å². The van der Waals surface area contributed by atoms with Crippen LogP contribution in [0.5, 0.6) is 0 Å². The maximum atomic E-state index is 12.7. The topological polar surface area (TPSA) is 46.3 Å². The summed E-state index contributed by atoms with van der Waals surface area (Å²) < 4.78 is 5.76. The van der Waals surface area contributed by atoms with E-state index in [1.54, 1.807) is 4.90 Å². The van der Waals surface area contributed by atoms with E-state index >= 15 is 0 Å². The number of aryl methyl sites for hydroxylation is 2. The van der Waals surface area contributed by atoms with E-state index in [1.807, 2.05) is 51.2 Å². The number of likely N-dealkylation sites (N-methyl/N-ethyl adjacent to an activating group) is 1. The van der Waals surface area contributed by atoms with Gasteiger partial charge in [-0.1, -0.05) is 48.0 Å². The number of hydrogen-bond donors (Lipinski definition) is 0. The number of amides is 1. The average molecular weight is 348 g/mol. The first-order chi connectivity index (χ1) is 12.5. The molecule has 0 aliphatic rings. The zero-order valence-electron chi connectivity index (χ0n) is 15.7. The standard InChI is InChI=1S/C22H24N2O2/c1-15-10-12-18(13-11-15)16(2)24(4)21(25)14-20-17(3)26-22(23-20)19-8-6-5-7-9-19/h5-13,16H,14H2,1-4H3. The van der Waals surface area contributed by atoms with Crippen LogP contribution in [0.3, 0.4) is 0 Å². The Hall–Kier alpha value is -2.88. The molecule has 3 aromatic rings. The number of aromatic nitrogens is 1. The highest BCUT2D eigenvalue weighted by atomic mass is 16.4. The van der Waals surface area contributed by atoms with E-state index in [-0.39, 0.29) is 18.4 Å². The van der Waals surface area contributed by atoms with E-state index in [9.17, 15) is 4.79 Å². The SMILES string of the molecule is Cc1ccc(C(C)N(C)C(=O)Cc2nc(-c3ccccc3)oc2C)cc1. The van der Waals surface area contributed by atoms with Crippen LogP contribution in [0.25, 0.3) is 11.5 Å². The van der Waals surface area contributed by atoms with Gasteiger partial charge < -0.3 is 9.32 Å². The highest BCUT2D eigenvalue weighted by Gasteiger charge is 2.21. The lowest BCUT2D eigenvalue weighted by molar-refractivity contribution is -0.131. The molecule has 1 amide bonds. The molecule has 1 aromatic heterocycles. The molecule has 3 rings (SSSR count). The fourth-order valence-electron chi connectivity index (χ4n) is 2.85. The lowest BCUT2D eigenvalue weighted by Gasteiger charge is -2.25. The first-order valence-corrected chi connectivity index (χ1v) is 8.79. The Bertz CT molecular complexity index is 882. The van der Waals surface area contributed by atoms with Gasteiger partial charge in [-0.05, 0) is 38.5 Å². The minimum absolute atomic E-state index is 0.00361. The molecule has 26 heavy (non-hydrogen) atoms. The summed E-state index contributed by atoms with van der Waals surface area (Å²) in [4.78, 5) is 19.0. The summed E-state index contributed by atoms with van der Waals surface area (Å²) in [5, 5.41) is 0. The van der Waals surface area contributed by atoms with Gasteiger partial charge in [0.05, 0.1) is 18.2 Å². The largest absolute Gasteiger partial charge is 0.441 e. The summed E-state index contributed by atoms with van der Waals surface area (Å²) in [5.41, 5.74) is 3.93. The Morgan fingerprint density at radius 2 is 1.73 bits per heavy atom. The summed E-state index contributed by atoms with van der Waals surface area (Å²) in [6.07, 6.45) is 0.231. The second kappa shape index (κ2) is 7.56. The van der Waals surface area contributed by atoms with E-state index in [0.717, 1.165) is 11.1 Å². The van der Waals surface area contributed by atoms with Gasteiger partial charge in [-0.2, -0.15) is 0 Å². The van der Waals surface area contributed by atoms with Gasteiger partial charge in [-0.3, -0.25) is 4.79 Å². The first-order valence-electron chi connectivity index (χ1n) is 8.79. The van der Waals surface area contributed by atoms with E-state index in [0.29, 0.717) is 17.3 Å². The molecule has 134 valence electrons. The number of nitrogens with zero attached hydrogens (tertiary/aromatic N) is 2. The third kappa shape index (κ3) is 3.85. The molecule has 1 atom stereocenters. The number of carbonyl (C=O) groups is 1. The highest BCUT2D eigenvalue weighted by molar-refractivity contribution is 5.79. The van der Waals surface area contributed by atoms with Gasteiger partial charge in [0.25, 0.3) is 0 Å². The van der Waals surface area contributed by atoms with Gasteiger partial charge in [-0.15, -0.1) is 0 Å². The van der Waals surface area contributed by atoms with Gasteiger partial charge in [0.1, 0.15) is 5.76 Å². The second-order valence-electron chi connectivity index (χ2n) is 6.66. The molecule has 0 radical (unpaired) electrons. The van der Waals surface area contributed by atoms with Crippen molar-refractivity contribution in [3.05, 3.63) is 77.2 Å². The number of benzene rings is 2. The van der Waals surface area contributed by atoms with Crippen molar-refractivity contribution in [1.82, 2.24) is 9.88 Å². The molecule has 0 N–H and O–H groups in total. The third-order valence-electron chi connectivity index (χ3n) is 4.77. The molecule has 0 spiro atoms. The van der Waals surface area contributed by atoms with Crippen LogP contribution in [0, 0.1) is 13.8 Å². The zero-order valence-corrected chi connectivity index (χ0v) is 15.7. The highest BCUT2D eigenvalue weighted by Crippen LogP contribution is 2.24. The van der Waals surface area contributed by atoms with E-state index in [2.05, 4.69) is 36.2 Å². The summed E-state index contributed by atoms with van der Waals surface area (Å²) in [7, 11) is 1.83. The van der Waals surface area contributed by atoms with Gasteiger partial charge in [-0.25, -0.2) is 4.98 Å². The Morgan fingerprint density at radius 3 is 2.38 bits per heavy atom. The molecule has 0 bridgehead atoms. The monoisotopic (exact) mass is 348 g/mol. The van der Waals surface area contributed by atoms with Crippen molar-refractivity contribution in [2.75, 3.05) is 7.05 Å². The van der Waals surface area contributed by atoms with Crippen LogP contribution >= 0.6 is 0 Å². The predicted molar refractivity (Wildman–Crippen MR) is 103 cm³/mol. The fourth-order valence-corrected chi connectivity index (χ4v) is 2.85. The van der Waals surface area contributed by atoms with Crippen molar-refractivity contribution >= 4 is 5.91 Å². The minimum atomic E-state index is 0.00361. The predicted octanol–water partition coefficient (Wildman–Crippen LogP) is 4.72. The van der Waals surface area contributed by atoms with Crippen LogP contribution in [0.15, 0.2) is 59.0 Å². The number of hydrogen-bond acceptors (Lipinski definition) is 3. The van der Waals surface area contributed by atoms with Gasteiger partial charge in [0.15, 0.2) is 0 Å². The van der Waals surface area contributed by atoms with Crippen molar-refractivity contribution in [1.29, 1.82) is 0 Å². The normalized spacial score (nSPS) is 12.0. The molecular weight excluding hydrogens is 324 g/mol. The summed E-state index contributed by atoms with van der Waals surface area (Å²) in [6.45, 7) is 5.94. The van der Waals surface area contributed by atoms with E-state index < -0.39 is 0 Å². The van der Waals surface area contributed by atoms with Crippen molar-refractivity contribution in [2.24, 2.45) is 0 Å². The summed E-state index contributed by atoms with van der Waals surface area (Å²) in [6, 6.07) is 18.0. The molecule has 1 heterocycles. The quantitative estimate of drug-likeness (QED) is 0.670. The van der Waals surface area contributed by atoms with Crippen LogP contribution in [-0.2, 0) is 11.2 Å². The maximum absolute atomic E-state index is 12.7. The minimum Gasteiger partial charge on any atom is -0.441 e. The Labute approximate surface area is 154 Å². The van der Waals surface area contributed by atoms with Gasteiger partial charge >= 0.3 is 0 Å². The zero-order chi connectivity index (χ0) is 18.7. The first kappa shape index (κ1) is 17.9. The molecule has 2 aromatic carbocycles. The summed E-state index contributed by atoms with van der Waals surface area (Å²) in [5.74, 6) is 1.27. The Balaban J connectivity index is 1.73. The second-order valence-corrected chi connectivity index (χ2v) is 6.66. The van der Waals surface area contributed by atoms with Crippen molar-refractivity contribution in [3.63, 3.8) is 0 Å². The van der Waals surface area contributed by atoms with Gasteiger partial charge in [0.2, 0.25) is 11.8 Å². The van der Waals surface area contributed by atoms with Crippen LogP contribution in [0.4, 0.5) is 0 Å². The lowest BCUT2D eigenvalue weighted by atomic mass is 10.1. The number of carbonyl (C=O) groups excluding carboxylic acids is 1. The smallest absolute Gasteiger partial charge is 0.228 e. The van der Waals surface area contributed by atoms with Crippen LogP contribution in [0.1, 0.15) is 35.5 Å². The molecule has 4 nitrogen and oxygen atoms in total. The third-order valence-corrected chi connectivity index (χ3v) is 4.77. The molecule has 1 unspecified atom stereocenters. The van der Waals surface area contributed by atoms with Crippen LogP contribution in [0.2, 0.25) is 0 Å². The average Bonchev–Trinajstić information content (AvgIpc) is 3.02. The van der Waals surface area contributed by atoms with Crippen molar-refractivity contribution in [2.45, 2.75) is 33.2 Å². The van der Waals surface area contributed by atoms with Crippen molar-refractivity contribution in [3.8, 4) is 11.5 Å². The number of rotatable bonds is 5. The molecular formula is C22H24N2O2. The maximum Gasteiger partial charge on any atom is 0.228 e. The lowest BCUT2D eigenvalue weighted by Crippen LogP contribution is -2.31. The molecule has 4 heteroatoms. The van der Waals surface area contributed by atoms with Crippen LogP contribution in [-0.4, -0.2) is 22.8 Å². The molecule has 0 saturated heterocycles. The van der Waals surface area contributed by atoms with Gasteiger partial charge in [0, 0.05) is 12.6 Å². The number of oxazole rings is 1. The Morgan fingerprint density at radius 1 is 1.08 bits per heavy atom. The van der Waals surface area contributed by atoms with Crippen LogP contribution < -0.4 is 0 Å². The Kier molecular flexibility index (Phi) is 5.21. The molecule has 0 fully saturated rings. The van der Waals surface area contributed by atoms with Crippen molar-refractivity contribution < 1.29 is 9.21 Å². The molecule has 0 aliphatic carbocycles. The fraction of sp³-hybridized carbons (Fsp3) is 0.273. The van der Waals surface area contributed by atoms with E-state index in [4.69, 9.17) is 4.42 Å². The molecule has 0 aliphatic heterocycles.